The van der Waals surface area contributed by atoms with Crippen molar-refractivity contribution in [2.45, 2.75) is 75.3 Å². The Morgan fingerprint density at radius 3 is 2.41 bits per heavy atom. The summed E-state index contributed by atoms with van der Waals surface area (Å²) in [5, 5.41) is 12.1. The number of methoxy groups -OCH3 is 4. The molecule has 1 saturated heterocycles. The van der Waals surface area contributed by atoms with Crippen LogP contribution >= 0.6 is 0 Å². The molecule has 1 N–H and O–H groups in total. The standard InChI is InChI=1S/C36H49NO9/c1-7-37-18-34(19-41-3)25(39)16-26(43-5)36-23-15-22-24(42-4)17-35(28(23)30(22)45-20(2)38,29(33(36)37)31(44-6)32(34)36)46-27(40)14-13-21-11-9-8-10-12-21/h8-14,22-26,28-33,39H,7,15-19H2,1-6H3/b14-13+/t22-,23-,24+,25+,26+,28-,29+,30+,31+,32-,33-,34+,35-,36+/m1/s1. The van der Waals surface area contributed by atoms with Crippen molar-refractivity contribution < 1.29 is 43.1 Å². The second-order valence-electron chi connectivity index (χ2n) is 14.6. The van der Waals surface area contributed by atoms with Gasteiger partial charge in [-0.15, -0.1) is 0 Å². The molecule has 1 aromatic carbocycles. The lowest BCUT2D eigenvalue weighted by Gasteiger charge is -2.70. The van der Waals surface area contributed by atoms with E-state index >= 15 is 0 Å². The maximum Gasteiger partial charge on any atom is 0.331 e. The zero-order chi connectivity index (χ0) is 32.6. The van der Waals surface area contributed by atoms with Gasteiger partial charge < -0.3 is 33.5 Å². The van der Waals surface area contributed by atoms with Gasteiger partial charge in [-0.05, 0) is 30.5 Å². The summed E-state index contributed by atoms with van der Waals surface area (Å²) >= 11 is 0. The average Bonchev–Trinajstić information content (AvgIpc) is 3.46. The summed E-state index contributed by atoms with van der Waals surface area (Å²) in [4.78, 5) is 29.3. The van der Waals surface area contributed by atoms with Crippen LogP contribution in [0.5, 0.6) is 0 Å². The van der Waals surface area contributed by atoms with E-state index in [-0.39, 0.29) is 59.9 Å². The third-order valence-electron chi connectivity index (χ3n) is 13.2. The number of aliphatic hydroxyl groups excluding tert-OH is 1. The fraction of sp³-hybridized carbons (Fsp3) is 0.722. The fourth-order valence-electron chi connectivity index (χ4n) is 12.3. The van der Waals surface area contributed by atoms with Crippen LogP contribution in [0.1, 0.15) is 38.7 Å². The molecule has 5 aliphatic carbocycles. The highest BCUT2D eigenvalue weighted by Crippen LogP contribution is 2.80. The van der Waals surface area contributed by atoms with E-state index in [2.05, 4.69) is 11.8 Å². The number of aliphatic hydroxyl groups is 1. The lowest BCUT2D eigenvalue weighted by atomic mass is 9.42. The summed E-state index contributed by atoms with van der Waals surface area (Å²) in [6.45, 7) is 5.35. The minimum Gasteiger partial charge on any atom is -0.462 e. The minimum atomic E-state index is -1.07. The van der Waals surface area contributed by atoms with Gasteiger partial charge in [-0.1, -0.05) is 37.3 Å². The van der Waals surface area contributed by atoms with E-state index in [9.17, 15) is 14.7 Å². The molecule has 0 amide bonds. The number of rotatable bonds is 10. The molecule has 5 saturated carbocycles. The zero-order valence-corrected chi connectivity index (χ0v) is 27.8. The van der Waals surface area contributed by atoms with Gasteiger partial charge in [0.05, 0.1) is 31.0 Å². The molecule has 14 atom stereocenters. The Morgan fingerprint density at radius 2 is 1.78 bits per heavy atom. The largest absolute Gasteiger partial charge is 0.462 e. The van der Waals surface area contributed by atoms with E-state index in [0.29, 0.717) is 26.0 Å². The highest BCUT2D eigenvalue weighted by Gasteiger charge is 2.89. The average molecular weight is 640 g/mol. The smallest absolute Gasteiger partial charge is 0.331 e. The number of esters is 2. The number of benzene rings is 1. The summed E-state index contributed by atoms with van der Waals surface area (Å²) < 4.78 is 38.4. The van der Waals surface area contributed by atoms with Crippen LogP contribution in [0, 0.1) is 40.4 Å². The predicted octanol–water partition coefficient (Wildman–Crippen LogP) is 2.96. The van der Waals surface area contributed by atoms with E-state index < -0.39 is 34.6 Å². The second kappa shape index (κ2) is 11.7. The van der Waals surface area contributed by atoms with Gasteiger partial charge in [-0.3, -0.25) is 9.69 Å². The fourth-order valence-corrected chi connectivity index (χ4v) is 12.3. The van der Waals surface area contributed by atoms with Crippen molar-refractivity contribution in [3.05, 3.63) is 42.0 Å². The molecule has 0 radical (unpaired) electrons. The quantitative estimate of drug-likeness (QED) is 0.303. The van der Waals surface area contributed by atoms with Gasteiger partial charge >= 0.3 is 11.9 Å². The van der Waals surface area contributed by atoms with E-state index in [4.69, 9.17) is 28.4 Å². The number of hydrogen-bond donors (Lipinski definition) is 1. The molecule has 6 aliphatic rings. The first-order valence-corrected chi connectivity index (χ1v) is 16.8. The summed E-state index contributed by atoms with van der Waals surface area (Å²) in [6, 6.07) is 9.61. The Kier molecular flexibility index (Phi) is 8.17. The van der Waals surface area contributed by atoms with Gasteiger partial charge in [0.2, 0.25) is 0 Å². The lowest BCUT2D eigenvalue weighted by molar-refractivity contribution is -0.297. The zero-order valence-electron chi connectivity index (χ0n) is 27.8. The van der Waals surface area contributed by atoms with Crippen molar-refractivity contribution in [1.29, 1.82) is 0 Å². The van der Waals surface area contributed by atoms with Crippen molar-refractivity contribution in [3.8, 4) is 0 Å². The molecule has 1 heterocycles. The summed E-state index contributed by atoms with van der Waals surface area (Å²) in [5.41, 5.74) is -1.27. The Hall–Kier alpha value is -2.34. The van der Waals surface area contributed by atoms with Gasteiger partial charge in [0, 0.05) is 101 Å². The molecule has 1 aromatic rings. The van der Waals surface area contributed by atoms with E-state index in [0.717, 1.165) is 18.5 Å². The molecule has 1 aliphatic heterocycles. The van der Waals surface area contributed by atoms with Crippen LogP contribution < -0.4 is 0 Å². The Bertz CT molecular complexity index is 1360. The van der Waals surface area contributed by atoms with Crippen LogP contribution in [0.2, 0.25) is 0 Å². The van der Waals surface area contributed by atoms with Crippen LogP contribution in [0.4, 0.5) is 0 Å². The molecular weight excluding hydrogens is 590 g/mol. The second-order valence-corrected chi connectivity index (χ2v) is 14.6. The lowest BCUT2D eigenvalue weighted by Crippen LogP contribution is -2.79. The number of fused-ring (bicyclic) bond motifs is 2. The van der Waals surface area contributed by atoms with E-state index in [1.807, 2.05) is 30.3 Å². The molecule has 1 spiro atoms. The molecule has 252 valence electrons. The first-order chi connectivity index (χ1) is 22.2. The van der Waals surface area contributed by atoms with Crippen LogP contribution in [-0.2, 0) is 38.0 Å². The van der Waals surface area contributed by atoms with E-state index in [1.54, 1.807) is 34.5 Å². The SMILES string of the molecule is CCN1C[C@@]2(COC)[C@H]3[C@@H](OC)[C@H]4[C@@H]1[C@]3([C@@H](OC)C[C@@H]2O)[C@@H]1C[C@H]2[C@H](OC(C)=O)[C@@H]1[C@]4(OC(=O)/C=C/c1ccccc1)C[C@@H]2OC. The summed E-state index contributed by atoms with van der Waals surface area (Å²) in [5.74, 6) is -1.66. The maximum absolute atomic E-state index is 14.1. The Balaban J connectivity index is 1.46. The third kappa shape index (κ3) is 4.10. The first-order valence-electron chi connectivity index (χ1n) is 16.8. The Labute approximate surface area is 271 Å². The topological polar surface area (TPSA) is 113 Å². The molecule has 10 nitrogen and oxygen atoms in total. The molecule has 7 rings (SSSR count). The molecule has 0 aromatic heterocycles. The molecule has 0 unspecified atom stereocenters. The number of piperidine rings is 1. The van der Waals surface area contributed by atoms with Crippen LogP contribution in [0.15, 0.2) is 36.4 Å². The highest BCUT2D eigenvalue weighted by molar-refractivity contribution is 5.87. The monoisotopic (exact) mass is 639 g/mol. The number of ether oxygens (including phenoxy) is 6. The third-order valence-corrected chi connectivity index (χ3v) is 13.2. The van der Waals surface area contributed by atoms with Crippen molar-refractivity contribution in [3.63, 3.8) is 0 Å². The molecular formula is C36H49NO9. The van der Waals surface area contributed by atoms with E-state index in [1.165, 1.54) is 13.0 Å². The van der Waals surface area contributed by atoms with Gasteiger partial charge in [0.1, 0.15) is 11.7 Å². The number of carbonyl (C=O) groups excluding carboxylic acids is 2. The number of nitrogens with zero attached hydrogens (tertiary/aromatic N) is 1. The van der Waals surface area contributed by atoms with Gasteiger partial charge in [0.25, 0.3) is 0 Å². The molecule has 7 bridgehead atoms. The first kappa shape index (κ1) is 32.2. The van der Waals surface area contributed by atoms with Crippen LogP contribution in [0.25, 0.3) is 6.08 Å². The Morgan fingerprint density at radius 1 is 1.02 bits per heavy atom. The van der Waals surface area contributed by atoms with Crippen molar-refractivity contribution >= 4 is 18.0 Å². The number of carbonyl (C=O) groups is 2. The molecule has 46 heavy (non-hydrogen) atoms. The van der Waals surface area contributed by atoms with Gasteiger partial charge in [-0.2, -0.15) is 0 Å². The van der Waals surface area contributed by atoms with Crippen LogP contribution in [-0.4, -0.2) is 112 Å². The van der Waals surface area contributed by atoms with Crippen molar-refractivity contribution in [2.75, 3.05) is 48.1 Å². The molecule has 10 heteroatoms. The highest BCUT2D eigenvalue weighted by atomic mass is 16.6. The van der Waals surface area contributed by atoms with Gasteiger partial charge in [-0.25, -0.2) is 4.79 Å². The van der Waals surface area contributed by atoms with Gasteiger partial charge in [0.15, 0.2) is 0 Å². The number of hydrogen-bond acceptors (Lipinski definition) is 10. The normalized spacial score (nSPS) is 46.8. The van der Waals surface area contributed by atoms with Crippen molar-refractivity contribution in [1.82, 2.24) is 4.90 Å². The predicted molar refractivity (Wildman–Crippen MR) is 167 cm³/mol. The minimum absolute atomic E-state index is 0.0534. The molecule has 6 fully saturated rings. The summed E-state index contributed by atoms with van der Waals surface area (Å²) in [6.07, 6.45) is 2.81. The van der Waals surface area contributed by atoms with Crippen molar-refractivity contribution in [2.24, 2.45) is 40.4 Å². The maximum atomic E-state index is 14.1. The summed E-state index contributed by atoms with van der Waals surface area (Å²) in [7, 11) is 6.88. The van der Waals surface area contributed by atoms with Crippen LogP contribution in [0.3, 0.4) is 0 Å². The number of likely N-dealkylation sites (tertiary alicyclic amines) is 1.